The molecule has 0 radical (unpaired) electrons. The van der Waals surface area contributed by atoms with E-state index in [-0.39, 0.29) is 48.2 Å². The highest BCUT2D eigenvalue weighted by atomic mass is 32.2. The van der Waals surface area contributed by atoms with Crippen LogP contribution < -0.4 is 9.88 Å². The van der Waals surface area contributed by atoms with Gasteiger partial charge in [0.05, 0.1) is 10.6 Å². The van der Waals surface area contributed by atoms with Gasteiger partial charge < -0.3 is 9.30 Å². The fourth-order valence-electron chi connectivity index (χ4n) is 4.83. The van der Waals surface area contributed by atoms with Gasteiger partial charge in [0, 0.05) is 31.7 Å². The fourth-order valence-corrected chi connectivity index (χ4v) is 5.34. The van der Waals surface area contributed by atoms with Crippen molar-refractivity contribution >= 4 is 10.0 Å². The summed E-state index contributed by atoms with van der Waals surface area (Å²) in [5, 5.41) is 5.19. The highest BCUT2D eigenvalue weighted by Gasteiger charge is 2.44. The standard InChI is InChI=1S/C31H31F7N4O3S/c1-2-3-16-42-26(27(30(34,35)36)40-28(42)23-9-5-4-6-10-23)20-41(18-21-12-14-25(15-13-21)46(39,43)44)19-22-8-7-11-24(17-22)45-31(37,38)29(32)33/h4-15,17,29H,2-3,16,18-20H2,1H3,(H2,39,43,44). The van der Waals surface area contributed by atoms with Gasteiger partial charge in [-0.25, -0.2) is 18.5 Å². The SMILES string of the molecule is CCCCn1c(-c2ccccc2)nc(C(F)(F)F)c1CN(Cc1ccc(S(N)(=O)=O)cc1)Cc1cccc(OC(F)(F)C(F)F)c1. The van der Waals surface area contributed by atoms with Gasteiger partial charge in [0.15, 0.2) is 5.69 Å². The molecule has 4 rings (SSSR count). The largest absolute Gasteiger partial charge is 0.461 e. The van der Waals surface area contributed by atoms with E-state index in [1.165, 1.54) is 41.0 Å². The Kier molecular flexibility index (Phi) is 10.8. The second kappa shape index (κ2) is 14.2. The number of aromatic nitrogens is 2. The van der Waals surface area contributed by atoms with E-state index in [2.05, 4.69) is 9.72 Å². The van der Waals surface area contributed by atoms with Crippen molar-refractivity contribution in [2.75, 3.05) is 0 Å². The van der Waals surface area contributed by atoms with Crippen molar-refractivity contribution in [3.63, 3.8) is 0 Å². The van der Waals surface area contributed by atoms with Crippen molar-refractivity contribution in [1.29, 1.82) is 0 Å². The Morgan fingerprint density at radius 3 is 2.13 bits per heavy atom. The topological polar surface area (TPSA) is 90.5 Å². The summed E-state index contributed by atoms with van der Waals surface area (Å²) in [6.45, 7) is 1.63. The van der Waals surface area contributed by atoms with E-state index in [1.807, 2.05) is 6.92 Å². The first-order valence-corrected chi connectivity index (χ1v) is 15.6. The molecular formula is C31H31F7N4O3S. The Morgan fingerprint density at radius 1 is 0.891 bits per heavy atom. The van der Waals surface area contributed by atoms with Gasteiger partial charge in [0.2, 0.25) is 10.0 Å². The van der Waals surface area contributed by atoms with Crippen LogP contribution in [0.15, 0.2) is 83.8 Å². The molecule has 248 valence electrons. The molecule has 0 atom stereocenters. The maximum Gasteiger partial charge on any atom is 0.461 e. The average molecular weight is 673 g/mol. The van der Waals surface area contributed by atoms with Crippen LogP contribution in [0, 0.1) is 0 Å². The molecule has 0 amide bonds. The number of sulfonamides is 1. The first kappa shape index (κ1) is 34.9. The number of ether oxygens (including phenoxy) is 1. The average Bonchev–Trinajstić information content (AvgIpc) is 3.34. The van der Waals surface area contributed by atoms with Crippen LogP contribution in [0.1, 0.15) is 42.3 Å². The predicted molar refractivity (Wildman–Crippen MR) is 156 cm³/mol. The van der Waals surface area contributed by atoms with Crippen molar-refractivity contribution in [2.45, 2.75) is 69.6 Å². The van der Waals surface area contributed by atoms with Crippen LogP contribution in [0.4, 0.5) is 30.7 Å². The van der Waals surface area contributed by atoms with Crippen molar-refractivity contribution in [3.8, 4) is 17.1 Å². The lowest BCUT2D eigenvalue weighted by Crippen LogP contribution is -2.33. The number of imidazole rings is 1. The van der Waals surface area contributed by atoms with Gasteiger partial charge in [0.25, 0.3) is 0 Å². The fraction of sp³-hybridized carbons (Fsp3) is 0.323. The normalized spacial score (nSPS) is 12.7. The van der Waals surface area contributed by atoms with Crippen LogP contribution in [-0.2, 0) is 42.4 Å². The summed E-state index contributed by atoms with van der Waals surface area (Å²) in [6, 6.07) is 18.8. The van der Waals surface area contributed by atoms with Crippen LogP contribution >= 0.6 is 0 Å². The minimum Gasteiger partial charge on any atom is -0.428 e. The van der Waals surface area contributed by atoms with Crippen molar-refractivity contribution in [3.05, 3.63) is 101 Å². The summed E-state index contributed by atoms with van der Waals surface area (Å²) in [7, 11) is -4.01. The lowest BCUT2D eigenvalue weighted by Gasteiger charge is -2.25. The van der Waals surface area contributed by atoms with Crippen molar-refractivity contribution in [2.24, 2.45) is 5.14 Å². The molecular weight excluding hydrogens is 641 g/mol. The molecule has 2 N–H and O–H groups in total. The Bertz CT molecular complexity index is 1710. The third-order valence-electron chi connectivity index (χ3n) is 6.95. The molecule has 4 aromatic rings. The summed E-state index contributed by atoms with van der Waals surface area (Å²) in [5.74, 6) is -0.436. The highest BCUT2D eigenvalue weighted by Crippen LogP contribution is 2.36. The minimum atomic E-state index is -4.83. The zero-order valence-electron chi connectivity index (χ0n) is 24.5. The van der Waals surface area contributed by atoms with Gasteiger partial charge in [-0.05, 0) is 41.8 Å². The minimum absolute atomic E-state index is 0.0277. The van der Waals surface area contributed by atoms with Crippen LogP contribution in [0.2, 0.25) is 0 Å². The monoisotopic (exact) mass is 672 g/mol. The van der Waals surface area contributed by atoms with Crippen LogP contribution in [0.5, 0.6) is 5.75 Å². The molecule has 7 nitrogen and oxygen atoms in total. The van der Waals surface area contributed by atoms with Gasteiger partial charge in [-0.2, -0.15) is 30.7 Å². The Balaban J connectivity index is 1.79. The quantitative estimate of drug-likeness (QED) is 0.141. The van der Waals surface area contributed by atoms with Gasteiger partial charge in [-0.1, -0.05) is 67.9 Å². The van der Waals surface area contributed by atoms with Gasteiger partial charge >= 0.3 is 18.7 Å². The number of rotatable bonds is 14. The summed E-state index contributed by atoms with van der Waals surface area (Å²) < 4.78 is 125. The molecule has 0 aliphatic rings. The number of halogens is 7. The summed E-state index contributed by atoms with van der Waals surface area (Å²) in [6.07, 6.45) is -12.4. The van der Waals surface area contributed by atoms with E-state index < -0.39 is 40.2 Å². The molecule has 3 aromatic carbocycles. The molecule has 0 bridgehead atoms. The molecule has 0 aliphatic heterocycles. The molecule has 0 saturated heterocycles. The summed E-state index contributed by atoms with van der Waals surface area (Å²) >= 11 is 0. The number of nitrogens with two attached hydrogens (primary N) is 1. The van der Waals surface area contributed by atoms with Gasteiger partial charge in [-0.15, -0.1) is 0 Å². The smallest absolute Gasteiger partial charge is 0.428 e. The van der Waals surface area contributed by atoms with Crippen LogP contribution in [-0.4, -0.2) is 35.4 Å². The number of alkyl halides is 7. The van der Waals surface area contributed by atoms with Crippen molar-refractivity contribution < 1.29 is 43.9 Å². The van der Waals surface area contributed by atoms with Crippen molar-refractivity contribution in [1.82, 2.24) is 14.5 Å². The molecule has 0 fully saturated rings. The number of primary sulfonamides is 1. The van der Waals surface area contributed by atoms with Gasteiger partial charge in [-0.3, -0.25) is 4.90 Å². The zero-order valence-corrected chi connectivity index (χ0v) is 25.3. The maximum atomic E-state index is 14.5. The lowest BCUT2D eigenvalue weighted by molar-refractivity contribution is -0.253. The first-order chi connectivity index (χ1) is 21.6. The van der Waals surface area contributed by atoms with E-state index in [0.717, 1.165) is 12.1 Å². The van der Waals surface area contributed by atoms with E-state index in [1.54, 1.807) is 35.2 Å². The molecule has 0 unspecified atom stereocenters. The second-order valence-corrected chi connectivity index (χ2v) is 12.1. The Morgan fingerprint density at radius 2 is 1.54 bits per heavy atom. The second-order valence-electron chi connectivity index (χ2n) is 10.5. The van der Waals surface area contributed by atoms with E-state index in [0.29, 0.717) is 24.0 Å². The zero-order chi connectivity index (χ0) is 33.7. The number of nitrogens with zero attached hydrogens (tertiary/aromatic N) is 3. The molecule has 1 heterocycles. The number of benzene rings is 3. The first-order valence-electron chi connectivity index (χ1n) is 14.1. The molecule has 1 aromatic heterocycles. The Labute approximate surface area is 261 Å². The number of unbranched alkanes of at least 4 members (excludes halogenated alkanes) is 1. The van der Waals surface area contributed by atoms with Crippen LogP contribution in [0.25, 0.3) is 11.4 Å². The third-order valence-corrected chi connectivity index (χ3v) is 7.88. The van der Waals surface area contributed by atoms with E-state index >= 15 is 0 Å². The maximum absolute atomic E-state index is 14.5. The third kappa shape index (κ3) is 8.85. The number of hydrogen-bond acceptors (Lipinski definition) is 5. The molecule has 0 aliphatic carbocycles. The summed E-state index contributed by atoms with van der Waals surface area (Å²) in [5.41, 5.74) is 0.0225. The van der Waals surface area contributed by atoms with Gasteiger partial charge in [0.1, 0.15) is 11.6 Å². The number of hydrogen-bond donors (Lipinski definition) is 1. The Hall–Kier alpha value is -3.95. The molecule has 0 saturated carbocycles. The lowest BCUT2D eigenvalue weighted by atomic mass is 10.1. The van der Waals surface area contributed by atoms with E-state index in [4.69, 9.17) is 5.14 Å². The molecule has 15 heteroatoms. The van der Waals surface area contributed by atoms with E-state index in [9.17, 15) is 39.2 Å². The van der Waals surface area contributed by atoms with Crippen LogP contribution in [0.3, 0.4) is 0 Å². The molecule has 0 spiro atoms. The highest BCUT2D eigenvalue weighted by molar-refractivity contribution is 7.89. The predicted octanol–water partition coefficient (Wildman–Crippen LogP) is 7.46. The summed E-state index contributed by atoms with van der Waals surface area (Å²) in [4.78, 5) is 5.44. The molecule has 46 heavy (non-hydrogen) atoms.